The van der Waals surface area contributed by atoms with Gasteiger partial charge in [0.05, 0.1) is 12.4 Å². The molecule has 0 aliphatic rings. The first-order valence-electron chi connectivity index (χ1n) is 3.43. The maximum atomic E-state index is 5.09. The molecular formula is C7H8ClN3OS. The second kappa shape index (κ2) is 4.25. The maximum absolute atomic E-state index is 5.09. The monoisotopic (exact) mass is 217 g/mol. The fourth-order valence-electron chi connectivity index (χ4n) is 0.818. The normalized spacial score (nSPS) is 9.31. The van der Waals surface area contributed by atoms with Crippen LogP contribution in [-0.4, -0.2) is 17.0 Å². The molecule has 13 heavy (non-hydrogen) atoms. The third-order valence-corrected chi connectivity index (χ3v) is 2.37. The second-order valence-corrected chi connectivity index (χ2v) is 3.15. The fourth-order valence-corrected chi connectivity index (χ4v) is 1.53. The molecule has 0 atom stereocenters. The Labute approximate surface area is 85.4 Å². The molecule has 2 heterocycles. The van der Waals surface area contributed by atoms with Crippen molar-refractivity contribution in [2.75, 3.05) is 12.4 Å². The van der Waals surface area contributed by atoms with Crippen molar-refractivity contribution in [1.29, 1.82) is 0 Å². The Bertz CT molecular complexity index is 359. The summed E-state index contributed by atoms with van der Waals surface area (Å²) in [4.78, 5) is 8.12. The summed E-state index contributed by atoms with van der Waals surface area (Å²) in [6.45, 7) is 0. The van der Waals surface area contributed by atoms with Gasteiger partial charge < -0.3 is 9.73 Å². The maximum Gasteiger partial charge on any atom is 0.255 e. The third-order valence-electron chi connectivity index (χ3n) is 1.37. The van der Waals surface area contributed by atoms with Gasteiger partial charge in [-0.05, 0) is 0 Å². The van der Waals surface area contributed by atoms with Gasteiger partial charge in [0.25, 0.3) is 5.89 Å². The first-order chi connectivity index (χ1) is 5.90. The molecule has 2 aromatic rings. The molecule has 1 N–H and O–H groups in total. The van der Waals surface area contributed by atoms with E-state index in [-0.39, 0.29) is 12.4 Å². The zero-order chi connectivity index (χ0) is 8.39. The lowest BCUT2D eigenvalue weighted by Crippen LogP contribution is -1.80. The van der Waals surface area contributed by atoms with E-state index in [0.717, 1.165) is 10.0 Å². The molecule has 6 heteroatoms. The lowest BCUT2D eigenvalue weighted by atomic mass is 10.7. The predicted molar refractivity (Wildman–Crippen MR) is 54.4 cm³/mol. The summed E-state index contributed by atoms with van der Waals surface area (Å²) in [7, 11) is 1.85. The van der Waals surface area contributed by atoms with Crippen LogP contribution in [0.25, 0.3) is 10.9 Å². The van der Waals surface area contributed by atoms with Gasteiger partial charge >= 0.3 is 0 Å². The predicted octanol–water partition coefficient (Wildman–Crippen LogP) is 2.26. The summed E-state index contributed by atoms with van der Waals surface area (Å²) in [5.74, 6) is 0.571. The van der Waals surface area contributed by atoms with Crippen molar-refractivity contribution < 1.29 is 4.42 Å². The van der Waals surface area contributed by atoms with Crippen LogP contribution in [0.2, 0.25) is 0 Å². The van der Waals surface area contributed by atoms with Gasteiger partial charge in [-0.15, -0.1) is 12.4 Å². The van der Waals surface area contributed by atoms with Gasteiger partial charge in [0.15, 0.2) is 5.01 Å². The summed E-state index contributed by atoms with van der Waals surface area (Å²) < 4.78 is 5.09. The van der Waals surface area contributed by atoms with E-state index >= 15 is 0 Å². The average Bonchev–Trinajstić information content (AvgIpc) is 2.75. The number of hydrogen-bond donors (Lipinski definition) is 1. The van der Waals surface area contributed by atoms with Gasteiger partial charge in [0.1, 0.15) is 11.3 Å². The molecule has 4 nitrogen and oxygen atoms in total. The minimum atomic E-state index is 0. The highest BCUT2D eigenvalue weighted by molar-refractivity contribution is 7.18. The lowest BCUT2D eigenvalue weighted by Gasteiger charge is -1.86. The number of aromatic nitrogens is 2. The highest BCUT2D eigenvalue weighted by Gasteiger charge is 2.06. The van der Waals surface area contributed by atoms with Gasteiger partial charge in [0, 0.05) is 7.05 Å². The molecule has 0 aromatic carbocycles. The van der Waals surface area contributed by atoms with E-state index in [4.69, 9.17) is 4.42 Å². The Morgan fingerprint density at radius 1 is 1.46 bits per heavy atom. The molecule has 0 amide bonds. The number of thiazole rings is 1. The van der Waals surface area contributed by atoms with Crippen molar-refractivity contribution in [3.8, 4) is 10.9 Å². The van der Waals surface area contributed by atoms with Crippen LogP contribution in [0.5, 0.6) is 0 Å². The summed E-state index contributed by atoms with van der Waals surface area (Å²) in [6, 6.07) is 0. The number of anilines is 1. The molecule has 2 aromatic heterocycles. The number of halogens is 1. The van der Waals surface area contributed by atoms with Crippen LogP contribution < -0.4 is 5.32 Å². The van der Waals surface area contributed by atoms with E-state index in [1.165, 1.54) is 17.6 Å². The zero-order valence-electron chi connectivity index (χ0n) is 6.85. The Balaban J connectivity index is 0.000000845. The number of hydrogen-bond acceptors (Lipinski definition) is 5. The first kappa shape index (κ1) is 10.0. The van der Waals surface area contributed by atoms with Crippen LogP contribution in [0, 0.1) is 0 Å². The molecule has 2 rings (SSSR count). The number of oxazole rings is 1. The third kappa shape index (κ3) is 1.99. The standard InChI is InChI=1S/C7H7N3OS.ClH/c1-8-5-4-10-7(12-5)6-9-2-3-11-6;/h2-4,8H,1H3;1H. The largest absolute Gasteiger partial charge is 0.443 e. The minimum Gasteiger partial charge on any atom is -0.443 e. The topological polar surface area (TPSA) is 51.0 Å². The van der Waals surface area contributed by atoms with E-state index in [2.05, 4.69) is 15.3 Å². The van der Waals surface area contributed by atoms with Gasteiger partial charge in [-0.3, -0.25) is 0 Å². The molecule has 70 valence electrons. The minimum absolute atomic E-state index is 0. The number of nitrogens with zero attached hydrogens (tertiary/aromatic N) is 2. The average molecular weight is 218 g/mol. The number of nitrogens with one attached hydrogen (secondary N) is 1. The van der Waals surface area contributed by atoms with Gasteiger partial charge in [-0.1, -0.05) is 11.3 Å². The highest BCUT2D eigenvalue weighted by atomic mass is 35.5. The van der Waals surface area contributed by atoms with E-state index in [1.807, 2.05) is 7.05 Å². The van der Waals surface area contributed by atoms with Crippen LogP contribution in [-0.2, 0) is 0 Å². The summed E-state index contributed by atoms with van der Waals surface area (Å²) in [6.07, 6.45) is 4.90. The summed E-state index contributed by atoms with van der Waals surface area (Å²) in [5.41, 5.74) is 0. The van der Waals surface area contributed by atoms with Crippen molar-refractivity contribution in [2.45, 2.75) is 0 Å². The molecule has 0 spiro atoms. The second-order valence-electron chi connectivity index (χ2n) is 2.12. The Kier molecular flexibility index (Phi) is 3.27. The SMILES string of the molecule is CNc1cnc(-c2ncco2)s1.Cl. The van der Waals surface area contributed by atoms with Gasteiger partial charge in [-0.25, -0.2) is 9.97 Å². The lowest BCUT2D eigenvalue weighted by molar-refractivity contribution is 0.574. The fraction of sp³-hybridized carbons (Fsp3) is 0.143. The van der Waals surface area contributed by atoms with Crippen molar-refractivity contribution >= 4 is 28.7 Å². The van der Waals surface area contributed by atoms with Crippen LogP contribution >= 0.6 is 23.7 Å². The highest BCUT2D eigenvalue weighted by Crippen LogP contribution is 2.26. The van der Waals surface area contributed by atoms with Crippen LogP contribution in [0.1, 0.15) is 0 Å². The van der Waals surface area contributed by atoms with E-state index in [9.17, 15) is 0 Å². The van der Waals surface area contributed by atoms with Crippen molar-refractivity contribution in [3.05, 3.63) is 18.7 Å². The first-order valence-corrected chi connectivity index (χ1v) is 4.25. The van der Waals surface area contributed by atoms with E-state index < -0.39 is 0 Å². The molecule has 0 aliphatic heterocycles. The zero-order valence-corrected chi connectivity index (χ0v) is 8.48. The van der Waals surface area contributed by atoms with Crippen LogP contribution in [0.15, 0.2) is 23.1 Å². The van der Waals surface area contributed by atoms with Crippen molar-refractivity contribution in [3.63, 3.8) is 0 Å². The molecular weight excluding hydrogens is 210 g/mol. The quantitative estimate of drug-likeness (QED) is 0.839. The van der Waals surface area contributed by atoms with Crippen LogP contribution in [0.3, 0.4) is 0 Å². The van der Waals surface area contributed by atoms with Crippen molar-refractivity contribution in [2.24, 2.45) is 0 Å². The molecule has 0 saturated carbocycles. The van der Waals surface area contributed by atoms with Crippen molar-refractivity contribution in [1.82, 2.24) is 9.97 Å². The molecule has 0 bridgehead atoms. The summed E-state index contributed by atoms with van der Waals surface area (Å²) >= 11 is 1.51. The Hall–Kier alpha value is -1.07. The molecule has 0 saturated heterocycles. The smallest absolute Gasteiger partial charge is 0.255 e. The summed E-state index contributed by atoms with van der Waals surface area (Å²) in [5, 5.41) is 4.79. The molecule has 0 unspecified atom stereocenters. The van der Waals surface area contributed by atoms with E-state index in [0.29, 0.717) is 5.89 Å². The molecule has 0 radical (unpaired) electrons. The van der Waals surface area contributed by atoms with Gasteiger partial charge in [-0.2, -0.15) is 0 Å². The Morgan fingerprint density at radius 3 is 2.85 bits per heavy atom. The molecule has 0 fully saturated rings. The van der Waals surface area contributed by atoms with E-state index in [1.54, 1.807) is 12.4 Å². The number of rotatable bonds is 2. The molecule has 0 aliphatic carbocycles. The Morgan fingerprint density at radius 2 is 2.31 bits per heavy atom. The van der Waals surface area contributed by atoms with Crippen LogP contribution in [0.4, 0.5) is 5.00 Å². The van der Waals surface area contributed by atoms with Gasteiger partial charge in [0.2, 0.25) is 0 Å².